The molecule has 0 aliphatic carbocycles. The van der Waals surface area contributed by atoms with Crippen LogP contribution in [-0.2, 0) is 26.6 Å². The summed E-state index contributed by atoms with van der Waals surface area (Å²) in [6.07, 6.45) is 0.375. The van der Waals surface area contributed by atoms with Gasteiger partial charge in [0.05, 0.1) is 5.69 Å². The molecule has 0 spiro atoms. The summed E-state index contributed by atoms with van der Waals surface area (Å²) in [7, 11) is 2.01. The predicted molar refractivity (Wildman–Crippen MR) is 131 cm³/mol. The maximum absolute atomic E-state index is 12.3. The van der Waals surface area contributed by atoms with Gasteiger partial charge < -0.3 is 25.1 Å². The fraction of sp³-hybridized carbons (Fsp3) is 0.200. The van der Waals surface area contributed by atoms with E-state index in [-0.39, 0.29) is 12.4 Å². The minimum atomic E-state index is -1.45. The smallest absolute Gasteiger partial charge is 0.345 e. The standard InChI is InChI=1S/C25H25N3O4.ClH/c1-3-19-22(27-24(30)21(23(19)29)25(31)32)16-9-10-20-17(11-16)12-18(28(20)2)14-26-13-15-7-5-4-6-8-15;/h4-12,26H,3,13-14H2,1-2H3,(H,31,32)(H2,27,29,30);1H. The number of aromatic amines is 1. The Balaban J connectivity index is 0.00000306. The number of aromatic carboxylic acids is 1. The van der Waals surface area contributed by atoms with Crippen molar-refractivity contribution in [3.8, 4) is 17.0 Å². The molecule has 8 heteroatoms. The zero-order valence-electron chi connectivity index (χ0n) is 18.4. The van der Waals surface area contributed by atoms with Gasteiger partial charge in [-0.3, -0.25) is 4.79 Å². The summed E-state index contributed by atoms with van der Waals surface area (Å²) in [5.41, 5.74) is 3.48. The molecule has 0 aliphatic heterocycles. The average Bonchev–Trinajstić information content (AvgIpc) is 3.08. The van der Waals surface area contributed by atoms with Crippen molar-refractivity contribution >= 4 is 29.3 Å². The molecule has 2 aromatic carbocycles. The van der Waals surface area contributed by atoms with Crippen molar-refractivity contribution in [1.29, 1.82) is 0 Å². The topological polar surface area (TPSA) is 107 Å². The second-order valence-corrected chi connectivity index (χ2v) is 7.75. The van der Waals surface area contributed by atoms with Crippen LogP contribution in [0, 0.1) is 0 Å². The monoisotopic (exact) mass is 467 g/mol. The van der Waals surface area contributed by atoms with Gasteiger partial charge in [0.2, 0.25) is 0 Å². The zero-order valence-corrected chi connectivity index (χ0v) is 19.2. The van der Waals surface area contributed by atoms with Crippen molar-refractivity contribution in [2.45, 2.75) is 26.4 Å². The SMILES string of the molecule is CCc1c(-c2ccc3c(c2)cc(CNCc2ccccc2)n3C)[nH]c(=O)c(C(=O)O)c1O.Cl. The number of carboxylic acids is 1. The summed E-state index contributed by atoms with van der Waals surface area (Å²) in [6, 6.07) is 18.1. The molecule has 172 valence electrons. The highest BCUT2D eigenvalue weighted by atomic mass is 35.5. The molecule has 0 aliphatic rings. The summed E-state index contributed by atoms with van der Waals surface area (Å²) in [4.78, 5) is 26.3. The third-order valence-corrected chi connectivity index (χ3v) is 5.77. The molecule has 0 saturated carbocycles. The van der Waals surface area contributed by atoms with Crippen LogP contribution in [0.4, 0.5) is 0 Å². The number of aryl methyl sites for hydroxylation is 1. The number of carbonyl (C=O) groups is 1. The molecule has 33 heavy (non-hydrogen) atoms. The number of H-pyrrole nitrogens is 1. The molecule has 0 fully saturated rings. The van der Waals surface area contributed by atoms with Gasteiger partial charge in [0, 0.05) is 42.3 Å². The van der Waals surface area contributed by atoms with E-state index in [9.17, 15) is 19.8 Å². The van der Waals surface area contributed by atoms with Crippen LogP contribution in [0.2, 0.25) is 0 Å². The Bertz CT molecular complexity index is 1360. The van der Waals surface area contributed by atoms with Crippen LogP contribution in [0.5, 0.6) is 5.75 Å². The number of rotatable bonds is 7. The summed E-state index contributed by atoms with van der Waals surface area (Å²) >= 11 is 0. The van der Waals surface area contributed by atoms with Gasteiger partial charge in [-0.15, -0.1) is 12.4 Å². The van der Waals surface area contributed by atoms with Gasteiger partial charge in [0.25, 0.3) is 5.56 Å². The predicted octanol–water partition coefficient (Wildman–Crippen LogP) is 4.21. The zero-order chi connectivity index (χ0) is 22.8. The largest absolute Gasteiger partial charge is 0.506 e. The van der Waals surface area contributed by atoms with E-state index in [0.29, 0.717) is 29.8 Å². The van der Waals surface area contributed by atoms with Gasteiger partial charge in [-0.25, -0.2) is 4.79 Å². The van der Waals surface area contributed by atoms with E-state index in [1.54, 1.807) is 6.92 Å². The maximum atomic E-state index is 12.3. The molecular weight excluding hydrogens is 442 g/mol. The number of hydrogen-bond donors (Lipinski definition) is 4. The van der Waals surface area contributed by atoms with E-state index >= 15 is 0 Å². The first-order valence-electron chi connectivity index (χ1n) is 10.5. The molecule has 4 rings (SSSR count). The molecule has 2 aromatic heterocycles. The van der Waals surface area contributed by atoms with Crippen molar-refractivity contribution < 1.29 is 15.0 Å². The van der Waals surface area contributed by atoms with E-state index in [4.69, 9.17) is 0 Å². The number of aromatic hydroxyl groups is 1. The average molecular weight is 468 g/mol. The number of carboxylic acid groups (broad SMARTS) is 1. The minimum Gasteiger partial charge on any atom is -0.506 e. The number of nitrogens with one attached hydrogen (secondary N) is 2. The highest BCUT2D eigenvalue weighted by molar-refractivity contribution is 5.92. The number of nitrogens with zero attached hydrogens (tertiary/aromatic N) is 1. The molecule has 2 heterocycles. The maximum Gasteiger partial charge on any atom is 0.345 e. The van der Waals surface area contributed by atoms with Crippen molar-refractivity contribution in [3.05, 3.63) is 87.3 Å². The number of hydrogen-bond acceptors (Lipinski definition) is 4. The lowest BCUT2D eigenvalue weighted by atomic mass is 9.99. The molecule has 0 bridgehead atoms. The van der Waals surface area contributed by atoms with Crippen LogP contribution in [0.15, 0.2) is 59.4 Å². The van der Waals surface area contributed by atoms with Crippen LogP contribution in [-0.4, -0.2) is 25.7 Å². The Hall–Kier alpha value is -3.55. The molecule has 4 N–H and O–H groups in total. The lowest BCUT2D eigenvalue weighted by Crippen LogP contribution is -2.20. The second-order valence-electron chi connectivity index (χ2n) is 7.75. The lowest BCUT2D eigenvalue weighted by Gasteiger charge is -2.12. The minimum absolute atomic E-state index is 0. The number of pyridine rings is 1. The van der Waals surface area contributed by atoms with Gasteiger partial charge in [-0.05, 0) is 35.7 Å². The quantitative estimate of drug-likeness (QED) is 0.325. The molecule has 4 aromatic rings. The van der Waals surface area contributed by atoms with Crippen LogP contribution >= 0.6 is 12.4 Å². The molecule has 0 unspecified atom stereocenters. The Labute approximate surface area is 197 Å². The van der Waals surface area contributed by atoms with Crippen LogP contribution in [0.25, 0.3) is 22.2 Å². The van der Waals surface area contributed by atoms with Crippen molar-refractivity contribution in [2.24, 2.45) is 7.05 Å². The van der Waals surface area contributed by atoms with Crippen LogP contribution < -0.4 is 10.9 Å². The Morgan fingerprint density at radius 1 is 1.09 bits per heavy atom. The second kappa shape index (κ2) is 9.94. The molecule has 0 radical (unpaired) electrons. The summed E-state index contributed by atoms with van der Waals surface area (Å²) in [5, 5.41) is 24.1. The summed E-state index contributed by atoms with van der Waals surface area (Å²) < 4.78 is 2.12. The summed E-state index contributed by atoms with van der Waals surface area (Å²) in [5.74, 6) is -1.92. The fourth-order valence-electron chi connectivity index (χ4n) is 4.08. The third kappa shape index (κ3) is 4.65. The van der Waals surface area contributed by atoms with E-state index in [2.05, 4.69) is 33.1 Å². The highest BCUT2D eigenvalue weighted by Gasteiger charge is 2.22. The molecule has 0 atom stereocenters. The lowest BCUT2D eigenvalue weighted by molar-refractivity contribution is 0.0691. The normalized spacial score (nSPS) is 10.8. The third-order valence-electron chi connectivity index (χ3n) is 5.77. The van der Waals surface area contributed by atoms with Crippen LogP contribution in [0.3, 0.4) is 0 Å². The highest BCUT2D eigenvalue weighted by Crippen LogP contribution is 2.32. The van der Waals surface area contributed by atoms with Gasteiger partial charge in [-0.1, -0.05) is 43.3 Å². The van der Waals surface area contributed by atoms with Crippen molar-refractivity contribution in [1.82, 2.24) is 14.9 Å². The Kier molecular flexibility index (Phi) is 7.26. The number of fused-ring (bicyclic) bond motifs is 1. The first-order chi connectivity index (χ1) is 15.4. The Morgan fingerprint density at radius 3 is 2.48 bits per heavy atom. The first-order valence-corrected chi connectivity index (χ1v) is 10.5. The molecule has 0 saturated heterocycles. The number of aromatic nitrogens is 2. The van der Waals surface area contributed by atoms with Crippen LogP contribution in [0.1, 0.15) is 34.1 Å². The summed E-state index contributed by atoms with van der Waals surface area (Å²) in [6.45, 7) is 3.27. The van der Waals surface area contributed by atoms with Crippen molar-refractivity contribution in [2.75, 3.05) is 0 Å². The van der Waals surface area contributed by atoms with E-state index in [0.717, 1.165) is 23.1 Å². The van der Waals surface area contributed by atoms with Gasteiger partial charge in [-0.2, -0.15) is 0 Å². The first kappa shape index (κ1) is 24.1. The van der Waals surface area contributed by atoms with Crippen molar-refractivity contribution in [3.63, 3.8) is 0 Å². The molecule has 0 amide bonds. The fourth-order valence-corrected chi connectivity index (χ4v) is 4.08. The van der Waals surface area contributed by atoms with E-state index < -0.39 is 22.8 Å². The van der Waals surface area contributed by atoms with E-state index in [1.807, 2.05) is 43.4 Å². The Morgan fingerprint density at radius 2 is 1.82 bits per heavy atom. The molecule has 7 nitrogen and oxygen atoms in total. The van der Waals surface area contributed by atoms with E-state index in [1.165, 1.54) is 5.56 Å². The van der Waals surface area contributed by atoms with Gasteiger partial charge in [0.1, 0.15) is 5.75 Å². The van der Waals surface area contributed by atoms with Gasteiger partial charge >= 0.3 is 5.97 Å². The number of halogens is 1. The van der Waals surface area contributed by atoms with Gasteiger partial charge in [0.15, 0.2) is 5.56 Å². The number of benzene rings is 2. The molecular formula is C25H26ClN3O4.